The van der Waals surface area contributed by atoms with Gasteiger partial charge in [-0.2, -0.15) is 0 Å². The standard InChI is InChI=1S/C28H20Cl3N3O4/c29-16-11-9-15(10-12-16)24(36)33-32-21(35)13-14-34-25(37)22-23(26(34)38)28(31)18-6-2-1-5-17(18)27(22,30)19-7-3-4-8-20(19)28/h1-12,22-23H,13-14H2,(H,32,35)(H,33,36)/t22-,23-,27?,28?/m0/s1. The van der Waals surface area contributed by atoms with E-state index in [1.165, 1.54) is 12.1 Å². The Kier molecular flexibility index (Phi) is 5.79. The SMILES string of the molecule is O=C(CCN1C(=O)[C@@H]2[C@@H](C1=O)C1(Cl)c3ccccc3C2(Cl)c2ccccc21)NNC(=O)c1ccc(Cl)cc1. The predicted molar refractivity (Wildman–Crippen MR) is 142 cm³/mol. The summed E-state index contributed by atoms with van der Waals surface area (Å²) in [4.78, 5) is 50.8. The zero-order chi connectivity index (χ0) is 26.8. The smallest absolute Gasteiger partial charge is 0.269 e. The Labute approximate surface area is 233 Å². The highest BCUT2D eigenvalue weighted by Gasteiger charge is 2.72. The van der Waals surface area contributed by atoms with Crippen LogP contribution in [-0.2, 0) is 24.1 Å². The number of hydrogen-bond donors (Lipinski definition) is 2. The molecule has 192 valence electrons. The van der Waals surface area contributed by atoms with Crippen molar-refractivity contribution < 1.29 is 19.2 Å². The molecule has 1 fully saturated rings. The van der Waals surface area contributed by atoms with E-state index >= 15 is 0 Å². The van der Waals surface area contributed by atoms with Crippen molar-refractivity contribution in [2.24, 2.45) is 11.8 Å². The minimum Gasteiger partial charge on any atom is -0.281 e. The lowest BCUT2D eigenvalue weighted by molar-refractivity contribution is -0.140. The Morgan fingerprint density at radius 2 is 1.18 bits per heavy atom. The van der Waals surface area contributed by atoms with Gasteiger partial charge >= 0.3 is 0 Å². The molecule has 7 nitrogen and oxygen atoms in total. The number of hydrogen-bond acceptors (Lipinski definition) is 4. The lowest BCUT2D eigenvalue weighted by atomic mass is 9.54. The fourth-order valence-electron chi connectivity index (χ4n) is 6.02. The molecule has 3 aromatic rings. The van der Waals surface area contributed by atoms with E-state index in [1.54, 1.807) is 12.1 Å². The van der Waals surface area contributed by atoms with Gasteiger partial charge in [-0.3, -0.25) is 34.9 Å². The summed E-state index contributed by atoms with van der Waals surface area (Å²) in [5.41, 5.74) is 7.77. The number of likely N-dealkylation sites (tertiary alicyclic amines) is 1. The van der Waals surface area contributed by atoms with E-state index in [9.17, 15) is 19.2 Å². The first-order valence-corrected chi connectivity index (χ1v) is 13.1. The molecule has 4 amide bonds. The second kappa shape index (κ2) is 8.83. The molecule has 0 spiro atoms. The van der Waals surface area contributed by atoms with Crippen LogP contribution in [0, 0.1) is 11.8 Å². The molecule has 2 N–H and O–H groups in total. The van der Waals surface area contributed by atoms with E-state index in [4.69, 9.17) is 34.8 Å². The second-order valence-electron chi connectivity index (χ2n) is 9.56. The van der Waals surface area contributed by atoms with Crippen molar-refractivity contribution in [1.29, 1.82) is 0 Å². The van der Waals surface area contributed by atoms with Gasteiger partial charge in [0.1, 0.15) is 9.75 Å². The predicted octanol–water partition coefficient (Wildman–Crippen LogP) is 4.08. The van der Waals surface area contributed by atoms with Gasteiger partial charge in [-0.25, -0.2) is 0 Å². The topological polar surface area (TPSA) is 95.6 Å². The molecule has 3 aromatic carbocycles. The van der Waals surface area contributed by atoms with Crippen molar-refractivity contribution in [1.82, 2.24) is 15.8 Å². The molecule has 3 aliphatic carbocycles. The van der Waals surface area contributed by atoms with Crippen LogP contribution >= 0.6 is 34.8 Å². The Balaban J connectivity index is 1.23. The molecule has 1 heterocycles. The number of amides is 4. The summed E-state index contributed by atoms with van der Waals surface area (Å²) in [6, 6.07) is 20.9. The highest BCUT2D eigenvalue weighted by atomic mass is 35.5. The number of nitrogens with zero attached hydrogens (tertiary/aromatic N) is 1. The molecule has 2 atom stereocenters. The molecule has 0 aromatic heterocycles. The first-order chi connectivity index (χ1) is 18.2. The van der Waals surface area contributed by atoms with Gasteiger partial charge in [0.25, 0.3) is 5.91 Å². The van der Waals surface area contributed by atoms with Crippen LogP contribution in [-0.4, -0.2) is 35.1 Å². The van der Waals surface area contributed by atoms with Crippen molar-refractivity contribution in [3.05, 3.63) is 106 Å². The van der Waals surface area contributed by atoms with Crippen molar-refractivity contribution in [2.45, 2.75) is 16.2 Å². The number of nitrogens with one attached hydrogen (secondary N) is 2. The van der Waals surface area contributed by atoms with Crippen LogP contribution in [0.5, 0.6) is 0 Å². The van der Waals surface area contributed by atoms with E-state index in [2.05, 4.69) is 10.9 Å². The summed E-state index contributed by atoms with van der Waals surface area (Å²) < 4.78 is 0. The van der Waals surface area contributed by atoms with E-state index in [0.717, 1.165) is 4.90 Å². The number of carbonyl (C=O) groups is 4. The van der Waals surface area contributed by atoms with Crippen LogP contribution in [0.15, 0.2) is 72.8 Å². The molecule has 4 aliphatic rings. The van der Waals surface area contributed by atoms with E-state index < -0.39 is 45.2 Å². The Morgan fingerprint density at radius 1 is 0.737 bits per heavy atom. The summed E-state index contributed by atoms with van der Waals surface area (Å²) >= 11 is 20.6. The molecular weight excluding hydrogens is 549 g/mol. The summed E-state index contributed by atoms with van der Waals surface area (Å²) in [5.74, 6) is -3.89. The fraction of sp³-hybridized carbons (Fsp3) is 0.214. The van der Waals surface area contributed by atoms with Gasteiger partial charge in [0.15, 0.2) is 0 Å². The van der Waals surface area contributed by atoms with Crippen LogP contribution in [0.1, 0.15) is 39.0 Å². The molecular formula is C28H20Cl3N3O4. The van der Waals surface area contributed by atoms with Gasteiger partial charge in [0.05, 0.1) is 11.8 Å². The summed E-state index contributed by atoms with van der Waals surface area (Å²) in [6.07, 6.45) is -0.220. The quantitative estimate of drug-likeness (QED) is 0.282. The number of hydrazine groups is 1. The molecule has 38 heavy (non-hydrogen) atoms. The van der Waals surface area contributed by atoms with Gasteiger partial charge in [-0.15, -0.1) is 23.2 Å². The van der Waals surface area contributed by atoms with Gasteiger partial charge in [0, 0.05) is 23.6 Å². The lowest BCUT2D eigenvalue weighted by Gasteiger charge is -2.54. The average Bonchev–Trinajstić information content (AvgIpc) is 3.19. The Morgan fingerprint density at radius 3 is 1.63 bits per heavy atom. The summed E-state index contributed by atoms with van der Waals surface area (Å²) in [6.45, 7) is -0.181. The minimum atomic E-state index is -1.27. The zero-order valence-electron chi connectivity index (χ0n) is 19.7. The number of alkyl halides is 2. The Bertz CT molecular complexity index is 1400. The first-order valence-electron chi connectivity index (χ1n) is 12.0. The van der Waals surface area contributed by atoms with E-state index in [0.29, 0.717) is 32.8 Å². The number of halogens is 3. The highest BCUT2D eigenvalue weighted by molar-refractivity contribution is 6.36. The van der Waals surface area contributed by atoms with Crippen molar-refractivity contribution in [2.75, 3.05) is 6.54 Å². The molecule has 0 unspecified atom stereocenters. The van der Waals surface area contributed by atoms with Crippen molar-refractivity contribution in [3.63, 3.8) is 0 Å². The summed E-state index contributed by atoms with van der Waals surface area (Å²) in [7, 11) is 0. The van der Waals surface area contributed by atoms with Crippen LogP contribution < -0.4 is 10.9 Å². The van der Waals surface area contributed by atoms with Crippen molar-refractivity contribution >= 4 is 58.4 Å². The van der Waals surface area contributed by atoms with Crippen molar-refractivity contribution in [3.8, 4) is 0 Å². The second-order valence-corrected chi connectivity index (χ2v) is 11.2. The third-order valence-electron chi connectivity index (χ3n) is 7.66. The van der Waals surface area contributed by atoms with Gasteiger partial charge in [0.2, 0.25) is 17.7 Å². The van der Waals surface area contributed by atoms with Gasteiger partial charge in [-0.05, 0) is 46.5 Å². The summed E-state index contributed by atoms with van der Waals surface area (Å²) in [5, 5.41) is 0.475. The van der Waals surface area contributed by atoms with Crippen LogP contribution in [0.2, 0.25) is 5.02 Å². The van der Waals surface area contributed by atoms with E-state index in [-0.39, 0.29) is 13.0 Å². The van der Waals surface area contributed by atoms with Gasteiger partial charge in [-0.1, -0.05) is 60.1 Å². The maximum Gasteiger partial charge on any atom is 0.269 e. The highest BCUT2D eigenvalue weighted by Crippen LogP contribution is 2.69. The number of carbonyl (C=O) groups excluding carboxylic acids is 4. The van der Waals surface area contributed by atoms with Crippen LogP contribution in [0.4, 0.5) is 0 Å². The molecule has 1 aliphatic heterocycles. The van der Waals surface area contributed by atoms with Crippen LogP contribution in [0.3, 0.4) is 0 Å². The monoisotopic (exact) mass is 567 g/mol. The lowest BCUT2D eigenvalue weighted by Crippen LogP contribution is -2.57. The maximum atomic E-state index is 13.7. The number of rotatable bonds is 4. The van der Waals surface area contributed by atoms with E-state index in [1.807, 2.05) is 48.5 Å². The third kappa shape index (κ3) is 3.35. The molecule has 1 saturated heterocycles. The number of benzene rings is 3. The first kappa shape index (κ1) is 24.9. The maximum absolute atomic E-state index is 13.7. The van der Waals surface area contributed by atoms with Crippen LogP contribution in [0.25, 0.3) is 0 Å². The molecule has 7 rings (SSSR count). The Hall–Kier alpha value is -3.39. The fourth-order valence-corrected chi connectivity index (χ4v) is 7.24. The third-order valence-corrected chi connectivity index (χ3v) is 9.20. The zero-order valence-corrected chi connectivity index (χ0v) is 22.0. The minimum absolute atomic E-state index is 0.181. The largest absolute Gasteiger partial charge is 0.281 e. The number of imide groups is 1. The molecule has 2 bridgehead atoms. The molecule has 0 saturated carbocycles. The molecule has 0 radical (unpaired) electrons. The molecule has 10 heteroatoms. The average molecular weight is 569 g/mol. The normalized spacial score (nSPS) is 26.4. The van der Waals surface area contributed by atoms with Gasteiger partial charge < -0.3 is 0 Å².